The molecular formula is C15H32N2O. The molecule has 1 aliphatic heterocycles. The van der Waals surface area contributed by atoms with E-state index in [0.717, 1.165) is 19.4 Å². The van der Waals surface area contributed by atoms with Gasteiger partial charge >= 0.3 is 0 Å². The fourth-order valence-corrected chi connectivity index (χ4v) is 2.96. The van der Waals surface area contributed by atoms with Crippen LogP contribution in [0.4, 0.5) is 0 Å². The van der Waals surface area contributed by atoms with E-state index in [9.17, 15) is 5.11 Å². The van der Waals surface area contributed by atoms with Crippen molar-refractivity contribution >= 4 is 0 Å². The van der Waals surface area contributed by atoms with Gasteiger partial charge in [-0.3, -0.25) is 0 Å². The molecule has 0 aliphatic carbocycles. The Labute approximate surface area is 113 Å². The van der Waals surface area contributed by atoms with E-state index in [1.54, 1.807) is 0 Å². The van der Waals surface area contributed by atoms with Gasteiger partial charge in [0.2, 0.25) is 0 Å². The molecule has 18 heavy (non-hydrogen) atoms. The van der Waals surface area contributed by atoms with Crippen LogP contribution in [0.25, 0.3) is 0 Å². The van der Waals surface area contributed by atoms with Crippen LogP contribution in [0, 0.1) is 5.92 Å². The normalized spacial score (nSPS) is 24.2. The van der Waals surface area contributed by atoms with Gasteiger partial charge in [-0.25, -0.2) is 0 Å². The first-order valence-electron chi connectivity index (χ1n) is 7.85. The molecule has 0 amide bonds. The molecule has 0 radical (unpaired) electrons. The maximum Gasteiger partial charge on any atom is 0.0692 e. The van der Waals surface area contributed by atoms with Crippen LogP contribution in [0.1, 0.15) is 52.9 Å². The average molecular weight is 256 g/mol. The molecule has 1 heterocycles. The van der Waals surface area contributed by atoms with Gasteiger partial charge in [0.25, 0.3) is 0 Å². The summed E-state index contributed by atoms with van der Waals surface area (Å²) in [6, 6.07) is 0.602. The van der Waals surface area contributed by atoms with E-state index < -0.39 is 0 Å². The molecule has 108 valence electrons. The Morgan fingerprint density at radius 3 is 2.50 bits per heavy atom. The molecule has 0 aromatic rings. The Morgan fingerprint density at radius 1 is 1.17 bits per heavy atom. The van der Waals surface area contributed by atoms with Crippen LogP contribution >= 0.6 is 0 Å². The van der Waals surface area contributed by atoms with Gasteiger partial charge in [-0.1, -0.05) is 33.6 Å². The van der Waals surface area contributed by atoms with E-state index in [2.05, 4.69) is 31.0 Å². The lowest BCUT2D eigenvalue weighted by atomic mass is 9.96. The van der Waals surface area contributed by atoms with Gasteiger partial charge in [-0.05, 0) is 44.8 Å². The highest BCUT2D eigenvalue weighted by Crippen LogP contribution is 2.14. The maximum absolute atomic E-state index is 10.1. The smallest absolute Gasteiger partial charge is 0.0692 e. The van der Waals surface area contributed by atoms with Crippen LogP contribution < -0.4 is 5.32 Å². The minimum Gasteiger partial charge on any atom is -0.392 e. The Bertz CT molecular complexity index is 207. The molecule has 1 fully saturated rings. The van der Waals surface area contributed by atoms with Crippen LogP contribution in [0.2, 0.25) is 0 Å². The topological polar surface area (TPSA) is 35.5 Å². The van der Waals surface area contributed by atoms with Crippen molar-refractivity contribution in [2.75, 3.05) is 26.2 Å². The third-order valence-electron chi connectivity index (χ3n) is 4.48. The van der Waals surface area contributed by atoms with E-state index in [4.69, 9.17) is 0 Å². The summed E-state index contributed by atoms with van der Waals surface area (Å²) in [6.45, 7) is 11.0. The first-order chi connectivity index (χ1) is 8.71. The van der Waals surface area contributed by atoms with Gasteiger partial charge in [-0.15, -0.1) is 0 Å². The average Bonchev–Trinajstić information content (AvgIpc) is 2.62. The number of aliphatic hydroxyl groups excluding tert-OH is 1. The summed E-state index contributed by atoms with van der Waals surface area (Å²) in [6.07, 6.45) is 5.74. The highest BCUT2D eigenvalue weighted by atomic mass is 16.3. The van der Waals surface area contributed by atoms with E-state index in [0.29, 0.717) is 12.0 Å². The summed E-state index contributed by atoms with van der Waals surface area (Å²) in [5.74, 6) is 0.454. The molecule has 2 unspecified atom stereocenters. The highest BCUT2D eigenvalue weighted by molar-refractivity contribution is 4.77. The second-order valence-electron chi connectivity index (χ2n) is 5.61. The number of hydrogen-bond donors (Lipinski definition) is 2. The van der Waals surface area contributed by atoms with Crippen molar-refractivity contribution in [3.63, 3.8) is 0 Å². The van der Waals surface area contributed by atoms with Crippen molar-refractivity contribution in [2.45, 2.75) is 65.0 Å². The molecular weight excluding hydrogens is 224 g/mol. The van der Waals surface area contributed by atoms with E-state index in [1.165, 1.54) is 38.9 Å². The Kier molecular flexibility index (Phi) is 7.87. The Morgan fingerprint density at radius 2 is 1.89 bits per heavy atom. The fourth-order valence-electron chi connectivity index (χ4n) is 2.96. The van der Waals surface area contributed by atoms with Gasteiger partial charge in [0.1, 0.15) is 0 Å². The van der Waals surface area contributed by atoms with Crippen molar-refractivity contribution in [3.8, 4) is 0 Å². The molecule has 0 aromatic heterocycles. The second-order valence-corrected chi connectivity index (χ2v) is 5.61. The molecule has 0 aromatic carbocycles. The summed E-state index contributed by atoms with van der Waals surface area (Å²) in [4.78, 5) is 2.53. The third-order valence-corrected chi connectivity index (χ3v) is 4.48. The summed E-state index contributed by atoms with van der Waals surface area (Å²) in [5.41, 5.74) is 0. The van der Waals surface area contributed by atoms with Crippen molar-refractivity contribution in [1.29, 1.82) is 0 Å². The number of likely N-dealkylation sites (tertiary alicyclic amines) is 1. The van der Waals surface area contributed by atoms with E-state index in [1.807, 2.05) is 0 Å². The zero-order chi connectivity index (χ0) is 13.4. The molecule has 1 aliphatic rings. The standard InChI is InChI=1S/C15H32N2O/c1-4-13(5-2)15(18)12-16-14-8-7-10-17(6-3)11-9-14/h13-16,18H,4-12H2,1-3H3. The predicted octanol–water partition coefficient (Wildman–Crippen LogP) is 2.25. The predicted molar refractivity (Wildman–Crippen MR) is 77.8 cm³/mol. The number of nitrogens with one attached hydrogen (secondary N) is 1. The van der Waals surface area contributed by atoms with Crippen molar-refractivity contribution in [2.24, 2.45) is 5.92 Å². The Balaban J connectivity index is 2.26. The molecule has 0 saturated carbocycles. The molecule has 2 atom stereocenters. The van der Waals surface area contributed by atoms with Crippen LogP contribution in [0.15, 0.2) is 0 Å². The van der Waals surface area contributed by atoms with Crippen LogP contribution in [0.5, 0.6) is 0 Å². The molecule has 1 saturated heterocycles. The monoisotopic (exact) mass is 256 g/mol. The number of hydrogen-bond acceptors (Lipinski definition) is 3. The minimum absolute atomic E-state index is 0.175. The first kappa shape index (κ1) is 15.9. The van der Waals surface area contributed by atoms with Crippen LogP contribution in [-0.2, 0) is 0 Å². The number of nitrogens with zero attached hydrogens (tertiary/aromatic N) is 1. The summed E-state index contributed by atoms with van der Waals surface area (Å²) >= 11 is 0. The molecule has 0 bridgehead atoms. The molecule has 0 spiro atoms. The first-order valence-corrected chi connectivity index (χ1v) is 7.85. The van der Waals surface area contributed by atoms with Gasteiger partial charge in [-0.2, -0.15) is 0 Å². The summed E-state index contributed by atoms with van der Waals surface area (Å²) in [7, 11) is 0. The largest absolute Gasteiger partial charge is 0.392 e. The lowest BCUT2D eigenvalue weighted by Gasteiger charge is -2.24. The van der Waals surface area contributed by atoms with Crippen molar-refractivity contribution in [1.82, 2.24) is 10.2 Å². The number of rotatable bonds is 7. The lowest BCUT2D eigenvalue weighted by molar-refractivity contribution is 0.0975. The fraction of sp³-hybridized carbons (Fsp3) is 1.00. The SMILES string of the molecule is CCC(CC)C(O)CNC1CCCN(CC)CC1. The summed E-state index contributed by atoms with van der Waals surface area (Å²) in [5, 5.41) is 13.7. The zero-order valence-electron chi connectivity index (χ0n) is 12.5. The van der Waals surface area contributed by atoms with Crippen molar-refractivity contribution in [3.05, 3.63) is 0 Å². The quantitative estimate of drug-likeness (QED) is 0.733. The van der Waals surface area contributed by atoms with Gasteiger partial charge in [0.05, 0.1) is 6.10 Å². The minimum atomic E-state index is -0.175. The van der Waals surface area contributed by atoms with Crippen LogP contribution in [0.3, 0.4) is 0 Å². The molecule has 1 rings (SSSR count). The van der Waals surface area contributed by atoms with Crippen molar-refractivity contribution < 1.29 is 5.11 Å². The second kappa shape index (κ2) is 8.89. The highest BCUT2D eigenvalue weighted by Gasteiger charge is 2.19. The van der Waals surface area contributed by atoms with E-state index in [-0.39, 0.29) is 6.10 Å². The molecule has 3 nitrogen and oxygen atoms in total. The lowest BCUT2D eigenvalue weighted by Crippen LogP contribution is -2.39. The molecule has 2 N–H and O–H groups in total. The maximum atomic E-state index is 10.1. The molecule has 3 heteroatoms. The Hall–Kier alpha value is -0.120. The third kappa shape index (κ3) is 5.25. The van der Waals surface area contributed by atoms with E-state index >= 15 is 0 Å². The number of aliphatic hydroxyl groups is 1. The van der Waals surface area contributed by atoms with Gasteiger partial charge in [0.15, 0.2) is 0 Å². The van der Waals surface area contributed by atoms with Gasteiger partial charge in [0, 0.05) is 12.6 Å². The zero-order valence-corrected chi connectivity index (χ0v) is 12.5. The van der Waals surface area contributed by atoms with Gasteiger partial charge < -0.3 is 15.3 Å². The summed E-state index contributed by atoms with van der Waals surface area (Å²) < 4.78 is 0. The van der Waals surface area contributed by atoms with Crippen LogP contribution in [-0.4, -0.2) is 48.3 Å².